The number of piperidine rings is 3. The van der Waals surface area contributed by atoms with E-state index in [0.717, 1.165) is 70.5 Å². The number of halogens is 3. The quantitative estimate of drug-likeness (QED) is 0.184. The molecule has 3 aliphatic rings. The van der Waals surface area contributed by atoms with Crippen LogP contribution < -0.4 is 20.1 Å². The van der Waals surface area contributed by atoms with E-state index in [9.17, 15) is 9.59 Å². The zero-order valence-electron chi connectivity index (χ0n) is 34.1. The largest absolute Gasteiger partial charge is 0.506 e. The molecule has 0 unspecified atom stereocenters. The lowest BCUT2D eigenvalue weighted by Crippen LogP contribution is -2.44. The smallest absolute Gasteiger partial charge is 0.410 e. The van der Waals surface area contributed by atoms with Gasteiger partial charge in [0.15, 0.2) is 0 Å². The summed E-state index contributed by atoms with van der Waals surface area (Å²) in [6, 6.07) is 21.8. The first kappa shape index (κ1) is 49.7. The molecule has 3 fully saturated rings. The van der Waals surface area contributed by atoms with E-state index in [1.807, 2.05) is 90.1 Å². The molecular formula is C43H62Cl3N3O8. The topological polar surface area (TPSA) is 139 Å². The number of phenols is 1. The van der Waals surface area contributed by atoms with Crippen molar-refractivity contribution < 1.29 is 38.7 Å². The van der Waals surface area contributed by atoms with Crippen LogP contribution in [0.25, 0.3) is 0 Å². The number of likely N-dealkylation sites (tertiary alicyclic amines) is 1. The minimum Gasteiger partial charge on any atom is -0.506 e. The number of aliphatic hydroxyl groups is 1. The number of phenolic OH excluding ortho intramolecular Hbond substituents is 1. The lowest BCUT2D eigenvalue weighted by Gasteiger charge is -2.33. The minimum atomic E-state index is -0.456. The summed E-state index contributed by atoms with van der Waals surface area (Å²) in [5.74, 6) is 1.64. The Labute approximate surface area is 354 Å². The van der Waals surface area contributed by atoms with Gasteiger partial charge in [0.25, 0.3) is 6.47 Å². The Bertz CT molecular complexity index is 1550. The second-order valence-corrected chi connectivity index (χ2v) is 16.7. The van der Waals surface area contributed by atoms with Gasteiger partial charge in [-0.25, -0.2) is 4.79 Å². The molecular weight excluding hydrogens is 793 g/mol. The highest BCUT2D eigenvalue weighted by atomic mass is 35.5. The maximum atomic E-state index is 12.0. The Morgan fingerprint density at radius 3 is 1.42 bits per heavy atom. The molecule has 0 bridgehead atoms. The number of carbonyl (C=O) groups excluding carboxylic acids is 2. The zero-order chi connectivity index (χ0) is 42.3. The third-order valence-electron chi connectivity index (χ3n) is 8.20. The fourth-order valence-corrected chi connectivity index (χ4v) is 5.73. The highest BCUT2D eigenvalue weighted by molar-refractivity contribution is 6.32. The van der Waals surface area contributed by atoms with Crippen molar-refractivity contribution in [3.05, 3.63) is 87.9 Å². The lowest BCUT2D eigenvalue weighted by atomic mass is 10.1. The SMILES string of the molecule is CC(C)(C)OC(=O)N1CCC(Oc2ccccc2Cl)CC1.CC(C)(C)OC=O.Clc1ccccc1OC1CCNCC1.OC1CCNCC1.Oc1ccccc1Cl. The number of hydrogen-bond acceptors (Lipinski definition) is 10. The predicted molar refractivity (Wildman–Crippen MR) is 229 cm³/mol. The monoisotopic (exact) mass is 853 g/mol. The minimum absolute atomic E-state index is 0.0266. The molecule has 11 nitrogen and oxygen atoms in total. The van der Waals surface area contributed by atoms with Gasteiger partial charge in [-0.05, 0) is 130 Å². The van der Waals surface area contributed by atoms with Gasteiger partial charge < -0.3 is 44.7 Å². The van der Waals surface area contributed by atoms with E-state index < -0.39 is 5.60 Å². The summed E-state index contributed by atoms with van der Waals surface area (Å²) in [4.78, 5) is 23.3. The third-order valence-corrected chi connectivity index (χ3v) is 9.15. The predicted octanol–water partition coefficient (Wildman–Crippen LogP) is 9.32. The Kier molecular flexibility index (Phi) is 23.1. The van der Waals surface area contributed by atoms with Crippen LogP contribution in [0.2, 0.25) is 15.1 Å². The Morgan fingerprint density at radius 1 is 0.667 bits per heavy atom. The molecule has 0 spiro atoms. The van der Waals surface area contributed by atoms with Crippen LogP contribution >= 0.6 is 34.8 Å². The average molecular weight is 855 g/mol. The number of rotatable bonds is 5. The molecule has 0 atom stereocenters. The molecule has 14 heteroatoms. The number of benzene rings is 3. The van der Waals surface area contributed by atoms with Gasteiger partial charge >= 0.3 is 6.09 Å². The van der Waals surface area contributed by atoms with Crippen molar-refractivity contribution in [2.45, 2.75) is 110 Å². The second kappa shape index (κ2) is 26.5. The molecule has 3 aliphatic heterocycles. The van der Waals surface area contributed by atoms with Crippen molar-refractivity contribution in [2.75, 3.05) is 39.3 Å². The van der Waals surface area contributed by atoms with Gasteiger partial charge in [-0.15, -0.1) is 0 Å². The summed E-state index contributed by atoms with van der Waals surface area (Å²) in [6.45, 7) is 16.9. The standard InChI is InChI=1S/C16H22ClNO3.C11H14ClNO.C6H5ClO.C5H11NO.C5H10O2/c1-16(2,3)21-15(19)18-10-8-12(9-11-18)20-14-7-5-4-6-13(14)17;12-10-3-1-2-4-11(10)14-9-5-7-13-8-6-9;7-5-3-1-2-4-6(5)8;7-5-1-3-6-4-2-5;1-5(2,3)7-4-6/h4-7,12H,8-11H2,1-3H3;1-4,9,13H,5-8H2;1-4,8H;5-7H,1-4H2;4H,1-3H3. The number of para-hydroxylation sites is 3. The van der Waals surface area contributed by atoms with Crippen molar-refractivity contribution in [3.63, 3.8) is 0 Å². The van der Waals surface area contributed by atoms with Crippen molar-refractivity contribution in [2.24, 2.45) is 0 Å². The van der Waals surface area contributed by atoms with E-state index in [-0.39, 0.29) is 29.7 Å². The number of aromatic hydroxyl groups is 1. The van der Waals surface area contributed by atoms with Gasteiger partial charge in [0.05, 0.1) is 21.2 Å². The molecule has 0 saturated carbocycles. The zero-order valence-corrected chi connectivity index (χ0v) is 36.4. The maximum absolute atomic E-state index is 12.0. The van der Waals surface area contributed by atoms with Crippen LogP contribution in [0.4, 0.5) is 4.79 Å². The molecule has 0 aliphatic carbocycles. The first-order valence-corrected chi connectivity index (χ1v) is 20.6. The summed E-state index contributed by atoms with van der Waals surface area (Å²) >= 11 is 17.5. The van der Waals surface area contributed by atoms with Crippen LogP contribution in [0, 0.1) is 0 Å². The Balaban J connectivity index is 0.000000267. The number of aliphatic hydroxyl groups excluding tert-OH is 1. The average Bonchev–Trinajstić information content (AvgIpc) is 3.16. The van der Waals surface area contributed by atoms with E-state index in [4.69, 9.17) is 59.2 Å². The molecule has 3 aromatic carbocycles. The summed E-state index contributed by atoms with van der Waals surface area (Å²) in [5.41, 5.74) is -0.774. The number of nitrogens with one attached hydrogen (secondary N) is 2. The van der Waals surface area contributed by atoms with Crippen LogP contribution in [0.5, 0.6) is 17.2 Å². The van der Waals surface area contributed by atoms with Crippen molar-refractivity contribution >= 4 is 47.4 Å². The van der Waals surface area contributed by atoms with Crippen LogP contribution in [-0.2, 0) is 14.3 Å². The molecule has 57 heavy (non-hydrogen) atoms. The fourth-order valence-electron chi connectivity index (χ4n) is 5.24. The van der Waals surface area contributed by atoms with Gasteiger partial charge in [-0.3, -0.25) is 4.79 Å². The summed E-state index contributed by atoms with van der Waals surface area (Å²) < 4.78 is 21.6. The number of nitrogens with zero attached hydrogens (tertiary/aromatic N) is 1. The normalized spacial score (nSPS) is 16.3. The van der Waals surface area contributed by atoms with Gasteiger partial charge in [-0.2, -0.15) is 0 Å². The van der Waals surface area contributed by atoms with Gasteiger partial charge in [0.2, 0.25) is 0 Å². The highest BCUT2D eigenvalue weighted by Crippen LogP contribution is 2.28. The Hall–Kier alpha value is -3.45. The molecule has 4 N–H and O–H groups in total. The van der Waals surface area contributed by atoms with E-state index in [0.29, 0.717) is 46.5 Å². The van der Waals surface area contributed by atoms with Crippen LogP contribution in [-0.4, -0.2) is 96.5 Å². The highest BCUT2D eigenvalue weighted by Gasteiger charge is 2.28. The molecule has 318 valence electrons. The van der Waals surface area contributed by atoms with E-state index >= 15 is 0 Å². The first-order valence-electron chi connectivity index (χ1n) is 19.4. The number of ether oxygens (including phenoxy) is 4. The number of hydrogen-bond donors (Lipinski definition) is 4. The van der Waals surface area contributed by atoms with Crippen LogP contribution in [0.3, 0.4) is 0 Å². The van der Waals surface area contributed by atoms with Crippen molar-refractivity contribution in [3.8, 4) is 17.2 Å². The molecule has 3 saturated heterocycles. The van der Waals surface area contributed by atoms with Crippen molar-refractivity contribution in [1.29, 1.82) is 0 Å². The van der Waals surface area contributed by atoms with Gasteiger partial charge in [-0.1, -0.05) is 71.2 Å². The molecule has 6 rings (SSSR count). The van der Waals surface area contributed by atoms with E-state index in [2.05, 4.69) is 15.4 Å². The summed E-state index contributed by atoms with van der Waals surface area (Å²) in [6.07, 6.45) is 5.67. The lowest BCUT2D eigenvalue weighted by molar-refractivity contribution is -0.138. The summed E-state index contributed by atoms with van der Waals surface area (Å²) in [5, 5.41) is 25.8. The molecule has 3 heterocycles. The number of amides is 1. The maximum Gasteiger partial charge on any atom is 0.410 e. The molecule has 0 radical (unpaired) electrons. The third kappa shape index (κ3) is 22.9. The molecule has 0 aromatic heterocycles. The Morgan fingerprint density at radius 2 is 1.09 bits per heavy atom. The van der Waals surface area contributed by atoms with Crippen LogP contribution in [0.15, 0.2) is 72.8 Å². The number of carbonyl (C=O) groups is 2. The fraction of sp³-hybridized carbons (Fsp3) is 0.535. The molecule has 3 aromatic rings. The van der Waals surface area contributed by atoms with Gasteiger partial charge in [0, 0.05) is 25.9 Å². The first-order chi connectivity index (χ1) is 27.0. The van der Waals surface area contributed by atoms with E-state index in [1.165, 1.54) is 0 Å². The molecule has 1 amide bonds. The van der Waals surface area contributed by atoms with Crippen molar-refractivity contribution in [1.82, 2.24) is 15.5 Å². The summed E-state index contributed by atoms with van der Waals surface area (Å²) in [7, 11) is 0. The second-order valence-electron chi connectivity index (χ2n) is 15.5. The van der Waals surface area contributed by atoms with Crippen LogP contribution in [0.1, 0.15) is 80.1 Å². The van der Waals surface area contributed by atoms with E-state index in [1.54, 1.807) is 29.2 Å². The van der Waals surface area contributed by atoms with Gasteiger partial charge in [0.1, 0.15) is 40.7 Å².